The van der Waals surface area contributed by atoms with Crippen LogP contribution in [0.25, 0.3) is 33.1 Å². The number of aryl methyl sites for hydroxylation is 2. The molecule has 11 heteroatoms. The zero-order chi connectivity index (χ0) is 29.9. The van der Waals surface area contributed by atoms with Gasteiger partial charge in [0.25, 0.3) is 0 Å². The zero-order valence-electron chi connectivity index (χ0n) is 22.7. The van der Waals surface area contributed by atoms with Gasteiger partial charge in [-0.15, -0.1) is 0 Å². The van der Waals surface area contributed by atoms with Gasteiger partial charge >= 0.3 is 12.4 Å². The van der Waals surface area contributed by atoms with Crippen LogP contribution in [0.2, 0.25) is 0 Å². The molecule has 41 heavy (non-hydrogen) atoms. The molecule has 0 bridgehead atoms. The highest BCUT2D eigenvalue weighted by atomic mass is 19.4. The third-order valence-electron chi connectivity index (χ3n) is 7.31. The molecule has 1 N–H and O–H groups in total. The summed E-state index contributed by atoms with van der Waals surface area (Å²) >= 11 is 0. The lowest BCUT2D eigenvalue weighted by atomic mass is 9.94. The summed E-state index contributed by atoms with van der Waals surface area (Å²) in [5.74, 6) is 0.492. The monoisotopic (exact) mass is 575 g/mol. The van der Waals surface area contributed by atoms with Crippen LogP contribution in [0.1, 0.15) is 60.9 Å². The molecule has 5 rings (SSSR count). The molecule has 0 fully saturated rings. The van der Waals surface area contributed by atoms with Gasteiger partial charge in [-0.3, -0.25) is 4.98 Å². The predicted octanol–water partition coefficient (Wildman–Crippen LogP) is 8.64. The molecule has 0 aliphatic carbocycles. The number of hydrogen-bond acceptors (Lipinski definition) is 4. The van der Waals surface area contributed by atoms with E-state index in [1.54, 1.807) is 58.2 Å². The maximum Gasteiger partial charge on any atom is 0.416 e. The number of halogens is 6. The van der Waals surface area contributed by atoms with E-state index >= 15 is 0 Å². The van der Waals surface area contributed by atoms with Crippen molar-refractivity contribution in [3.05, 3.63) is 82.9 Å². The van der Waals surface area contributed by atoms with Crippen LogP contribution in [-0.2, 0) is 11.8 Å². The van der Waals surface area contributed by atoms with Crippen molar-refractivity contribution in [3.63, 3.8) is 0 Å². The number of hydrogen-bond donors (Lipinski definition) is 1. The van der Waals surface area contributed by atoms with Crippen molar-refractivity contribution in [2.24, 2.45) is 0 Å². The molecule has 1 atom stereocenters. The van der Waals surface area contributed by atoms with Gasteiger partial charge in [-0.25, -0.2) is 0 Å². The molecule has 0 aliphatic rings. The molecule has 0 radical (unpaired) electrons. The van der Waals surface area contributed by atoms with E-state index in [9.17, 15) is 31.4 Å². The van der Waals surface area contributed by atoms with Gasteiger partial charge in [0.1, 0.15) is 5.76 Å². The molecular formula is C30H27F6N3O2. The smallest absolute Gasteiger partial charge is 0.386 e. The van der Waals surface area contributed by atoms with Gasteiger partial charge in [-0.2, -0.15) is 26.3 Å². The first kappa shape index (κ1) is 28.7. The number of aliphatic hydroxyl groups is 1. The molecule has 0 saturated heterocycles. The average molecular weight is 576 g/mol. The molecule has 0 amide bonds. The summed E-state index contributed by atoms with van der Waals surface area (Å²) in [6.45, 7) is 6.54. The number of alkyl halides is 6. The summed E-state index contributed by atoms with van der Waals surface area (Å²) < 4.78 is 90.2. The highest BCUT2D eigenvalue weighted by Crippen LogP contribution is 2.43. The van der Waals surface area contributed by atoms with Crippen LogP contribution in [0.4, 0.5) is 26.3 Å². The molecular weight excluding hydrogens is 548 g/mol. The average Bonchev–Trinajstić information content (AvgIpc) is 3.38. The van der Waals surface area contributed by atoms with Crippen molar-refractivity contribution in [2.75, 3.05) is 0 Å². The fourth-order valence-electron chi connectivity index (χ4n) is 5.42. The van der Waals surface area contributed by atoms with Crippen molar-refractivity contribution in [3.8, 4) is 11.1 Å². The largest absolute Gasteiger partial charge is 0.416 e. The Morgan fingerprint density at radius 3 is 2.27 bits per heavy atom. The molecule has 5 aromatic rings. The van der Waals surface area contributed by atoms with E-state index in [0.717, 1.165) is 6.07 Å². The van der Waals surface area contributed by atoms with Crippen LogP contribution in [0.5, 0.6) is 0 Å². The molecule has 0 saturated carbocycles. The summed E-state index contributed by atoms with van der Waals surface area (Å²) in [6, 6.07) is 9.96. The maximum absolute atomic E-state index is 14.2. The van der Waals surface area contributed by atoms with Crippen molar-refractivity contribution in [1.29, 1.82) is 0 Å². The highest BCUT2D eigenvalue weighted by Gasteiger charge is 2.38. The van der Waals surface area contributed by atoms with Crippen molar-refractivity contribution in [1.82, 2.24) is 14.7 Å². The number of fused-ring (bicyclic) bond motifs is 3. The molecule has 0 spiro atoms. The zero-order valence-corrected chi connectivity index (χ0v) is 22.7. The third-order valence-corrected chi connectivity index (χ3v) is 7.31. The van der Waals surface area contributed by atoms with E-state index in [0.29, 0.717) is 50.1 Å². The third kappa shape index (κ3) is 5.42. The lowest BCUT2D eigenvalue weighted by Crippen LogP contribution is -2.20. The van der Waals surface area contributed by atoms with Gasteiger partial charge in [0.05, 0.1) is 39.5 Å². The molecule has 3 heterocycles. The number of pyridine rings is 1. The van der Waals surface area contributed by atoms with Crippen molar-refractivity contribution in [2.45, 2.75) is 64.5 Å². The molecule has 5 nitrogen and oxygen atoms in total. The van der Waals surface area contributed by atoms with Gasteiger partial charge in [0.15, 0.2) is 0 Å². The van der Waals surface area contributed by atoms with Crippen LogP contribution < -0.4 is 0 Å². The second-order valence-corrected chi connectivity index (χ2v) is 10.7. The summed E-state index contributed by atoms with van der Waals surface area (Å²) in [4.78, 5) is 4.62. The van der Waals surface area contributed by atoms with E-state index in [1.807, 2.05) is 0 Å². The Hall–Kier alpha value is -3.86. The van der Waals surface area contributed by atoms with Gasteiger partial charge in [-0.1, -0.05) is 35.5 Å². The van der Waals surface area contributed by atoms with Gasteiger partial charge in [0.2, 0.25) is 0 Å². The first-order chi connectivity index (χ1) is 19.1. The van der Waals surface area contributed by atoms with E-state index in [2.05, 4.69) is 10.1 Å². The Balaban J connectivity index is 1.90. The van der Waals surface area contributed by atoms with Gasteiger partial charge in [-0.05, 0) is 63.4 Å². The normalized spacial score (nSPS) is 13.8. The van der Waals surface area contributed by atoms with Crippen LogP contribution in [-0.4, -0.2) is 26.0 Å². The molecule has 0 unspecified atom stereocenters. The maximum atomic E-state index is 14.2. The second kappa shape index (κ2) is 9.90. The topological polar surface area (TPSA) is 64.1 Å². The fraction of sp³-hybridized carbons (Fsp3) is 0.333. The van der Waals surface area contributed by atoms with Crippen LogP contribution in [0.15, 0.2) is 59.3 Å². The highest BCUT2D eigenvalue weighted by molar-refractivity contribution is 6.07. The minimum Gasteiger partial charge on any atom is -0.386 e. The van der Waals surface area contributed by atoms with Crippen molar-refractivity contribution < 1.29 is 36.0 Å². The number of rotatable bonds is 6. The quantitative estimate of drug-likeness (QED) is 0.206. The lowest BCUT2D eigenvalue weighted by molar-refractivity contribution is -0.139. The number of aromatic nitrogens is 3. The van der Waals surface area contributed by atoms with E-state index in [4.69, 9.17) is 4.52 Å². The number of benzene rings is 2. The molecule has 3 aromatic heterocycles. The summed E-state index contributed by atoms with van der Waals surface area (Å²) in [7, 11) is 0. The van der Waals surface area contributed by atoms with Gasteiger partial charge in [0, 0.05) is 29.1 Å². The number of nitrogens with zero attached hydrogens (tertiary/aromatic N) is 3. The fourth-order valence-corrected chi connectivity index (χ4v) is 5.42. The van der Waals surface area contributed by atoms with Crippen LogP contribution in [0, 0.1) is 13.8 Å². The van der Waals surface area contributed by atoms with E-state index in [1.165, 1.54) is 22.8 Å². The lowest BCUT2D eigenvalue weighted by Gasteiger charge is -2.26. The Bertz CT molecular complexity index is 1720. The Kier molecular flexibility index (Phi) is 6.92. The first-order valence-electron chi connectivity index (χ1n) is 12.9. The standard InChI is InChI=1S/C30H27F6N3O2/c1-16-26(17(2)41-38-16)18-13-25-27(37-15-18)21-10-9-19(28(3,4)40)14-24(21)39(25)23(11-12-29(31,32)33)20-7-5-6-8-22(20)30(34,35)36/h5-10,13-15,23,40H,11-12H2,1-4H3/t23-/m1/s1. The van der Waals surface area contributed by atoms with Crippen molar-refractivity contribution >= 4 is 21.9 Å². The van der Waals surface area contributed by atoms with Crippen LogP contribution in [0.3, 0.4) is 0 Å². The minimum absolute atomic E-state index is 0.292. The van der Waals surface area contributed by atoms with Crippen LogP contribution >= 0.6 is 0 Å². The summed E-state index contributed by atoms with van der Waals surface area (Å²) in [5.41, 5.74) is 0.660. The molecule has 216 valence electrons. The SMILES string of the molecule is Cc1noc(C)c1-c1cnc2c3ccc(C(C)(C)O)cc3n([C@H](CCC(F)(F)F)c3ccccc3C(F)(F)F)c2c1. The first-order valence-corrected chi connectivity index (χ1v) is 12.9. The minimum atomic E-state index is -4.80. The van der Waals surface area contributed by atoms with E-state index in [-0.39, 0.29) is 5.56 Å². The summed E-state index contributed by atoms with van der Waals surface area (Å²) in [5, 5.41) is 15.2. The second-order valence-electron chi connectivity index (χ2n) is 10.7. The van der Waals surface area contributed by atoms with Gasteiger partial charge < -0.3 is 14.2 Å². The molecule has 0 aliphatic heterocycles. The Labute approximate surface area is 231 Å². The molecule has 2 aromatic carbocycles. The predicted molar refractivity (Wildman–Crippen MR) is 142 cm³/mol. The van der Waals surface area contributed by atoms with E-state index < -0.39 is 42.4 Å². The Morgan fingerprint density at radius 2 is 1.66 bits per heavy atom. The summed E-state index contributed by atoms with van der Waals surface area (Å²) in [6.07, 6.45) is -9.80. The Morgan fingerprint density at radius 1 is 0.951 bits per heavy atom.